The van der Waals surface area contributed by atoms with Crippen LogP contribution in [0.1, 0.15) is 0 Å². The molecule has 0 aliphatic heterocycles. The first-order valence-corrected chi connectivity index (χ1v) is 6.35. The third-order valence-electron chi connectivity index (χ3n) is 2.91. The molecule has 86 valence electrons. The summed E-state index contributed by atoms with van der Waals surface area (Å²) in [6.45, 7) is 0. The molecule has 0 saturated heterocycles. The minimum absolute atomic E-state index is 1.03. The summed E-state index contributed by atoms with van der Waals surface area (Å²) in [5.41, 5.74) is 3.30. The van der Waals surface area contributed by atoms with Gasteiger partial charge in [-0.05, 0) is 29.6 Å². The molecule has 2 heterocycles. The lowest BCUT2D eigenvalue weighted by Crippen LogP contribution is -1.92. The van der Waals surface area contributed by atoms with Gasteiger partial charge in [0.25, 0.3) is 0 Å². The molecule has 3 rings (SSSR count). The van der Waals surface area contributed by atoms with E-state index in [0.29, 0.717) is 0 Å². The largest absolute Gasteiger partial charge is 0.388 e. The molecule has 2 aromatic heterocycles. The van der Waals surface area contributed by atoms with Crippen LogP contribution >= 0.6 is 11.3 Å². The Morgan fingerprint density at radius 2 is 2.18 bits per heavy atom. The average molecular weight is 243 g/mol. The smallest absolute Gasteiger partial charge is 0.150 e. The van der Waals surface area contributed by atoms with E-state index in [4.69, 9.17) is 0 Å². The van der Waals surface area contributed by atoms with Crippen molar-refractivity contribution in [2.45, 2.75) is 0 Å². The first kappa shape index (κ1) is 10.4. The molecule has 3 aromatic rings. The number of benzene rings is 1. The molecule has 0 bridgehead atoms. The van der Waals surface area contributed by atoms with Crippen molar-refractivity contribution in [1.82, 2.24) is 9.55 Å². The Bertz CT molecular complexity index is 653. The number of imidazole rings is 1. The standard InChI is InChI=1S/C13H13N3S/c1-14-9-5-6-10-11(8-9)16(2)13(15-10)12-4-3-7-17-12/h3-8,14H,1-2H3. The Hall–Kier alpha value is -1.81. The van der Waals surface area contributed by atoms with Crippen LogP contribution in [0, 0.1) is 0 Å². The normalized spacial score (nSPS) is 10.9. The number of fused-ring (bicyclic) bond motifs is 1. The zero-order valence-corrected chi connectivity index (χ0v) is 10.6. The number of rotatable bonds is 2. The topological polar surface area (TPSA) is 29.9 Å². The quantitative estimate of drug-likeness (QED) is 0.748. The van der Waals surface area contributed by atoms with Crippen LogP contribution < -0.4 is 5.32 Å². The van der Waals surface area contributed by atoms with Crippen molar-refractivity contribution >= 4 is 28.1 Å². The molecular formula is C13H13N3S. The first-order chi connectivity index (χ1) is 8.29. The molecule has 0 atom stereocenters. The maximum Gasteiger partial charge on any atom is 0.150 e. The molecule has 0 aliphatic rings. The van der Waals surface area contributed by atoms with E-state index in [-0.39, 0.29) is 0 Å². The monoisotopic (exact) mass is 243 g/mol. The van der Waals surface area contributed by atoms with Gasteiger partial charge in [-0.15, -0.1) is 11.3 Å². The van der Waals surface area contributed by atoms with E-state index in [2.05, 4.69) is 51.6 Å². The number of aromatic nitrogens is 2. The molecule has 17 heavy (non-hydrogen) atoms. The highest BCUT2D eigenvalue weighted by Gasteiger charge is 2.10. The number of hydrogen-bond donors (Lipinski definition) is 1. The predicted molar refractivity (Wildman–Crippen MR) is 73.6 cm³/mol. The highest BCUT2D eigenvalue weighted by Crippen LogP contribution is 2.28. The molecule has 1 N–H and O–H groups in total. The van der Waals surface area contributed by atoms with E-state index in [0.717, 1.165) is 22.5 Å². The van der Waals surface area contributed by atoms with E-state index in [9.17, 15) is 0 Å². The van der Waals surface area contributed by atoms with Gasteiger partial charge in [0.1, 0.15) is 0 Å². The minimum Gasteiger partial charge on any atom is -0.388 e. The van der Waals surface area contributed by atoms with Crippen LogP contribution in [-0.4, -0.2) is 16.6 Å². The van der Waals surface area contributed by atoms with E-state index in [1.807, 2.05) is 13.1 Å². The number of aryl methyl sites for hydroxylation is 1. The minimum atomic E-state index is 1.03. The van der Waals surface area contributed by atoms with Gasteiger partial charge >= 0.3 is 0 Å². The molecule has 0 aliphatic carbocycles. The van der Waals surface area contributed by atoms with Crippen molar-refractivity contribution in [3.05, 3.63) is 35.7 Å². The summed E-state index contributed by atoms with van der Waals surface area (Å²) >= 11 is 1.72. The second kappa shape index (κ2) is 3.89. The molecule has 0 saturated carbocycles. The van der Waals surface area contributed by atoms with Gasteiger partial charge < -0.3 is 9.88 Å². The number of hydrogen-bond acceptors (Lipinski definition) is 3. The van der Waals surface area contributed by atoms with Crippen LogP contribution in [0.4, 0.5) is 5.69 Å². The van der Waals surface area contributed by atoms with Crippen LogP contribution in [-0.2, 0) is 7.05 Å². The second-order valence-corrected chi connectivity index (χ2v) is 4.87. The highest BCUT2D eigenvalue weighted by molar-refractivity contribution is 7.13. The maximum atomic E-state index is 4.68. The van der Waals surface area contributed by atoms with Gasteiger partial charge in [0.2, 0.25) is 0 Å². The van der Waals surface area contributed by atoms with Crippen LogP contribution in [0.5, 0.6) is 0 Å². The molecule has 0 fully saturated rings. The third kappa shape index (κ3) is 1.61. The van der Waals surface area contributed by atoms with Gasteiger partial charge in [-0.25, -0.2) is 4.98 Å². The molecular weight excluding hydrogens is 230 g/mol. The Kier molecular flexibility index (Phi) is 2.37. The Labute approximate surface area is 104 Å². The van der Waals surface area contributed by atoms with Crippen molar-refractivity contribution in [1.29, 1.82) is 0 Å². The zero-order chi connectivity index (χ0) is 11.8. The lowest BCUT2D eigenvalue weighted by Gasteiger charge is -2.01. The molecule has 0 spiro atoms. The Morgan fingerprint density at radius 3 is 2.88 bits per heavy atom. The van der Waals surface area contributed by atoms with Crippen LogP contribution in [0.25, 0.3) is 21.7 Å². The summed E-state index contributed by atoms with van der Waals surface area (Å²) in [7, 11) is 3.99. The van der Waals surface area contributed by atoms with Gasteiger partial charge in [-0.2, -0.15) is 0 Å². The molecule has 1 aromatic carbocycles. The van der Waals surface area contributed by atoms with Gasteiger partial charge in [0.15, 0.2) is 5.82 Å². The number of nitrogens with one attached hydrogen (secondary N) is 1. The highest BCUT2D eigenvalue weighted by atomic mass is 32.1. The molecule has 0 amide bonds. The lowest BCUT2D eigenvalue weighted by atomic mass is 10.3. The summed E-state index contributed by atoms with van der Waals surface area (Å²) in [4.78, 5) is 5.88. The maximum absolute atomic E-state index is 4.68. The molecule has 3 nitrogen and oxygen atoms in total. The van der Waals surface area contributed by atoms with Gasteiger partial charge in [0, 0.05) is 19.8 Å². The third-order valence-corrected chi connectivity index (χ3v) is 3.78. The number of thiophene rings is 1. The zero-order valence-electron chi connectivity index (χ0n) is 9.77. The Balaban J connectivity index is 2.25. The lowest BCUT2D eigenvalue weighted by molar-refractivity contribution is 0.963. The first-order valence-electron chi connectivity index (χ1n) is 5.47. The summed E-state index contributed by atoms with van der Waals surface area (Å²) in [5.74, 6) is 1.03. The van der Waals surface area contributed by atoms with E-state index in [1.54, 1.807) is 11.3 Å². The predicted octanol–water partition coefficient (Wildman–Crippen LogP) is 3.34. The summed E-state index contributed by atoms with van der Waals surface area (Å²) in [6.07, 6.45) is 0. The van der Waals surface area contributed by atoms with E-state index in [1.165, 1.54) is 4.88 Å². The van der Waals surface area contributed by atoms with Crippen molar-refractivity contribution in [3.63, 3.8) is 0 Å². The number of anilines is 1. The van der Waals surface area contributed by atoms with Crippen LogP contribution in [0.15, 0.2) is 35.7 Å². The fraction of sp³-hybridized carbons (Fsp3) is 0.154. The molecule has 0 unspecified atom stereocenters. The van der Waals surface area contributed by atoms with Gasteiger partial charge in [-0.3, -0.25) is 0 Å². The molecule has 0 radical (unpaired) electrons. The van der Waals surface area contributed by atoms with Crippen molar-refractivity contribution in [3.8, 4) is 10.7 Å². The van der Waals surface area contributed by atoms with Crippen molar-refractivity contribution < 1.29 is 0 Å². The average Bonchev–Trinajstić information content (AvgIpc) is 2.97. The van der Waals surface area contributed by atoms with E-state index >= 15 is 0 Å². The number of nitrogens with zero attached hydrogens (tertiary/aromatic N) is 2. The summed E-state index contributed by atoms with van der Waals surface area (Å²) < 4.78 is 2.14. The van der Waals surface area contributed by atoms with Crippen molar-refractivity contribution in [2.75, 3.05) is 12.4 Å². The van der Waals surface area contributed by atoms with Gasteiger partial charge in [-0.1, -0.05) is 6.07 Å². The SMILES string of the molecule is CNc1ccc2nc(-c3cccs3)n(C)c2c1. The van der Waals surface area contributed by atoms with Gasteiger partial charge in [0.05, 0.1) is 15.9 Å². The van der Waals surface area contributed by atoms with Crippen LogP contribution in [0.3, 0.4) is 0 Å². The second-order valence-electron chi connectivity index (χ2n) is 3.93. The van der Waals surface area contributed by atoms with Crippen LogP contribution in [0.2, 0.25) is 0 Å². The molecule has 4 heteroatoms. The Morgan fingerprint density at radius 1 is 1.29 bits per heavy atom. The summed E-state index contributed by atoms with van der Waals surface area (Å²) in [6, 6.07) is 10.4. The fourth-order valence-electron chi connectivity index (χ4n) is 1.97. The summed E-state index contributed by atoms with van der Waals surface area (Å²) in [5, 5.41) is 5.23. The van der Waals surface area contributed by atoms with Crippen molar-refractivity contribution in [2.24, 2.45) is 7.05 Å². The fourth-order valence-corrected chi connectivity index (χ4v) is 2.72. The van der Waals surface area contributed by atoms with E-state index < -0.39 is 0 Å².